The molecule has 2 aromatic heterocycles. The van der Waals surface area contributed by atoms with Crippen molar-refractivity contribution in [2.45, 2.75) is 24.8 Å². The van der Waals surface area contributed by atoms with E-state index in [2.05, 4.69) is 24.6 Å². The summed E-state index contributed by atoms with van der Waals surface area (Å²) in [7, 11) is -4.68. The number of carbonyl (C=O) groups excluding carboxylic acids is 2. The van der Waals surface area contributed by atoms with Gasteiger partial charge in [-0.2, -0.15) is 0 Å². The van der Waals surface area contributed by atoms with E-state index >= 15 is 0 Å². The lowest BCUT2D eigenvalue weighted by molar-refractivity contribution is -0.127. The van der Waals surface area contributed by atoms with E-state index in [1.165, 1.54) is 37.7 Å². The number of halogens is 3. The van der Waals surface area contributed by atoms with Gasteiger partial charge in [0.15, 0.2) is 15.8 Å². The molecule has 0 spiro atoms. The van der Waals surface area contributed by atoms with Crippen LogP contribution in [0.5, 0.6) is 0 Å². The molecule has 1 amide bonds. The molecule has 0 aliphatic carbocycles. The SMILES string of the molecule is CC(=O)/C=C/C(=O)N1CCN(c2ncnc3ccc(-c4cnc(Cl)c(NS(=O)(=O)c5c(F)cccc5F)c4)cc23)[C@@H](C)C1. The monoisotopic (exact) mass is 626 g/mol. The third kappa shape index (κ3) is 6.32. The van der Waals surface area contributed by atoms with E-state index < -0.39 is 26.6 Å². The fourth-order valence-electron chi connectivity index (χ4n) is 4.83. The van der Waals surface area contributed by atoms with Gasteiger partial charge in [0.05, 0.1) is 11.2 Å². The van der Waals surface area contributed by atoms with E-state index in [4.69, 9.17) is 11.6 Å². The van der Waals surface area contributed by atoms with Gasteiger partial charge < -0.3 is 9.80 Å². The normalized spacial score (nSPS) is 15.7. The van der Waals surface area contributed by atoms with E-state index in [1.807, 2.05) is 13.0 Å². The lowest BCUT2D eigenvalue weighted by Crippen LogP contribution is -2.53. The molecule has 0 saturated carbocycles. The molecule has 3 heterocycles. The Hall–Kier alpha value is -4.49. The number of fused-ring (bicyclic) bond motifs is 1. The molecule has 1 fully saturated rings. The lowest BCUT2D eigenvalue weighted by Gasteiger charge is -2.40. The molecule has 5 rings (SSSR count). The van der Waals surface area contributed by atoms with Gasteiger partial charge in [-0.25, -0.2) is 32.2 Å². The molecular weight excluding hydrogens is 602 g/mol. The fraction of sp³-hybridized carbons (Fsp3) is 0.207. The first-order valence-electron chi connectivity index (χ1n) is 13.1. The average molecular weight is 627 g/mol. The quantitative estimate of drug-likeness (QED) is 0.233. The average Bonchev–Trinajstić information content (AvgIpc) is 2.96. The number of ketones is 1. The summed E-state index contributed by atoms with van der Waals surface area (Å²) in [6.07, 6.45) is 5.42. The zero-order valence-corrected chi connectivity index (χ0v) is 24.5. The number of anilines is 2. The van der Waals surface area contributed by atoms with Gasteiger partial charge in [-0.15, -0.1) is 0 Å². The van der Waals surface area contributed by atoms with Crippen LogP contribution in [0.2, 0.25) is 5.15 Å². The number of aromatic nitrogens is 3. The molecule has 0 bridgehead atoms. The van der Waals surface area contributed by atoms with Gasteiger partial charge in [-0.3, -0.25) is 14.3 Å². The summed E-state index contributed by atoms with van der Waals surface area (Å²) in [5.41, 5.74) is 1.58. The molecule has 14 heteroatoms. The van der Waals surface area contributed by atoms with Crippen LogP contribution in [0, 0.1) is 11.6 Å². The lowest BCUT2D eigenvalue weighted by atomic mass is 10.0. The maximum Gasteiger partial charge on any atom is 0.267 e. The molecule has 0 unspecified atom stereocenters. The smallest absolute Gasteiger partial charge is 0.267 e. The van der Waals surface area contributed by atoms with Crippen LogP contribution in [-0.4, -0.2) is 65.6 Å². The van der Waals surface area contributed by atoms with Crippen LogP contribution >= 0.6 is 11.6 Å². The number of nitrogens with zero attached hydrogens (tertiary/aromatic N) is 5. The number of allylic oxidation sites excluding steroid dienone is 1. The molecule has 222 valence electrons. The molecule has 0 radical (unpaired) electrons. The van der Waals surface area contributed by atoms with Crippen molar-refractivity contribution in [3.63, 3.8) is 0 Å². The Labute approximate surface area is 251 Å². The number of pyridine rings is 1. The van der Waals surface area contributed by atoms with E-state index in [-0.39, 0.29) is 28.6 Å². The molecule has 1 aliphatic heterocycles. The molecule has 1 aliphatic rings. The summed E-state index contributed by atoms with van der Waals surface area (Å²) in [6.45, 7) is 4.67. The number of piperazine rings is 1. The number of carbonyl (C=O) groups is 2. The molecule has 1 atom stereocenters. The van der Waals surface area contributed by atoms with Gasteiger partial charge in [0.25, 0.3) is 10.0 Å². The van der Waals surface area contributed by atoms with Crippen LogP contribution in [0.25, 0.3) is 22.0 Å². The summed E-state index contributed by atoms with van der Waals surface area (Å²) in [4.78, 5) is 39.3. The topological polar surface area (TPSA) is 125 Å². The zero-order chi connectivity index (χ0) is 30.9. The van der Waals surface area contributed by atoms with E-state index in [0.717, 1.165) is 18.2 Å². The van der Waals surface area contributed by atoms with Crippen LogP contribution < -0.4 is 9.62 Å². The summed E-state index contributed by atoms with van der Waals surface area (Å²) in [6, 6.07) is 9.41. The number of amides is 1. The highest BCUT2D eigenvalue weighted by Gasteiger charge is 2.28. The van der Waals surface area contributed by atoms with Crippen molar-refractivity contribution in [2.24, 2.45) is 0 Å². The zero-order valence-electron chi connectivity index (χ0n) is 23.0. The van der Waals surface area contributed by atoms with Crippen LogP contribution in [0.15, 0.2) is 72.0 Å². The highest BCUT2D eigenvalue weighted by Crippen LogP contribution is 2.33. The Bertz CT molecular complexity index is 1870. The second kappa shape index (κ2) is 12.0. The van der Waals surface area contributed by atoms with Crippen molar-refractivity contribution in [2.75, 3.05) is 29.3 Å². The minimum atomic E-state index is -4.68. The predicted octanol–water partition coefficient (Wildman–Crippen LogP) is 4.61. The third-order valence-electron chi connectivity index (χ3n) is 6.89. The first-order chi connectivity index (χ1) is 20.4. The maximum absolute atomic E-state index is 14.2. The molecule has 4 aromatic rings. The van der Waals surface area contributed by atoms with Crippen molar-refractivity contribution >= 4 is 55.7 Å². The largest absolute Gasteiger partial charge is 0.350 e. The van der Waals surface area contributed by atoms with Gasteiger partial charge in [0, 0.05) is 48.9 Å². The van der Waals surface area contributed by atoms with Gasteiger partial charge in [0.1, 0.15) is 23.8 Å². The number of benzene rings is 2. The Morgan fingerprint density at radius 1 is 1.02 bits per heavy atom. The van der Waals surface area contributed by atoms with E-state index in [9.17, 15) is 26.8 Å². The minimum absolute atomic E-state index is 0.109. The number of sulfonamides is 1. The second-order valence-corrected chi connectivity index (χ2v) is 11.9. The first kappa shape index (κ1) is 30.0. The number of nitrogens with one attached hydrogen (secondary N) is 1. The summed E-state index contributed by atoms with van der Waals surface area (Å²) in [5, 5.41) is 0.488. The summed E-state index contributed by atoms with van der Waals surface area (Å²) < 4.78 is 56.3. The van der Waals surface area contributed by atoms with E-state index in [1.54, 1.807) is 17.0 Å². The Morgan fingerprint density at radius 3 is 2.47 bits per heavy atom. The van der Waals surface area contributed by atoms with Gasteiger partial charge in [-0.1, -0.05) is 23.7 Å². The Morgan fingerprint density at radius 2 is 1.77 bits per heavy atom. The van der Waals surface area contributed by atoms with Gasteiger partial charge >= 0.3 is 0 Å². The maximum atomic E-state index is 14.2. The summed E-state index contributed by atoms with van der Waals surface area (Å²) >= 11 is 6.16. The molecule has 1 saturated heterocycles. The second-order valence-electron chi connectivity index (χ2n) is 9.92. The van der Waals surface area contributed by atoms with Crippen LogP contribution in [0.3, 0.4) is 0 Å². The molecule has 1 N–H and O–H groups in total. The number of rotatable bonds is 7. The van der Waals surface area contributed by atoms with Crippen LogP contribution in [-0.2, 0) is 19.6 Å². The molecule has 43 heavy (non-hydrogen) atoms. The third-order valence-corrected chi connectivity index (χ3v) is 8.61. The predicted molar refractivity (Wildman–Crippen MR) is 158 cm³/mol. The highest BCUT2D eigenvalue weighted by molar-refractivity contribution is 7.92. The first-order valence-corrected chi connectivity index (χ1v) is 14.9. The number of hydrogen-bond acceptors (Lipinski definition) is 8. The van der Waals surface area contributed by atoms with Gasteiger partial charge in [-0.05, 0) is 55.8 Å². The van der Waals surface area contributed by atoms with Crippen molar-refractivity contribution in [1.82, 2.24) is 19.9 Å². The summed E-state index contributed by atoms with van der Waals surface area (Å²) in [5.74, 6) is -2.30. The molecule has 2 aromatic carbocycles. The van der Waals surface area contributed by atoms with Crippen molar-refractivity contribution < 1.29 is 26.8 Å². The standard InChI is InChI=1S/C29H25ClF2N6O4S/c1-17-15-37(26(40)9-6-18(2)39)10-11-38(17)29-21-12-19(7-8-24(21)34-16-35-29)20-13-25(28(30)33-14-20)36-43(41,42)27-22(31)4-3-5-23(27)32/h3-9,12-14,16-17,36H,10-11,15H2,1-2H3/b9-6+/t17-/m0/s1. The fourth-order valence-corrected chi connectivity index (χ4v) is 6.23. The van der Waals surface area contributed by atoms with Crippen LogP contribution in [0.4, 0.5) is 20.3 Å². The van der Waals surface area contributed by atoms with Crippen molar-refractivity contribution in [1.29, 1.82) is 0 Å². The minimum Gasteiger partial charge on any atom is -0.350 e. The van der Waals surface area contributed by atoms with Crippen LogP contribution in [0.1, 0.15) is 13.8 Å². The van der Waals surface area contributed by atoms with E-state index in [0.29, 0.717) is 47.5 Å². The molecule has 10 nitrogen and oxygen atoms in total. The Balaban J connectivity index is 1.45. The highest BCUT2D eigenvalue weighted by atomic mass is 35.5. The van der Waals surface area contributed by atoms with Crippen molar-refractivity contribution in [3.8, 4) is 11.1 Å². The number of hydrogen-bond donors (Lipinski definition) is 1. The van der Waals surface area contributed by atoms with Crippen molar-refractivity contribution in [3.05, 3.63) is 83.9 Å². The Kier molecular flexibility index (Phi) is 8.38. The van der Waals surface area contributed by atoms with Gasteiger partial charge in [0.2, 0.25) is 5.91 Å². The molecular formula is C29H25ClF2N6O4S.